The molecule has 6 heteroatoms. The lowest BCUT2D eigenvalue weighted by Gasteiger charge is -2.37. The number of nitrogen functional groups attached to an aromatic ring is 1. The molecule has 1 aromatic rings. The maximum atomic E-state index is 11.1. The standard InChI is InChI=1S/C9H12N4O2/c1-15-8(14)6-4-13(5-6)9-11-2-7(10)3-12-9/h2-3,6H,4-5,10H2,1H3. The number of rotatable bonds is 2. The summed E-state index contributed by atoms with van der Waals surface area (Å²) < 4.78 is 4.63. The number of carbonyl (C=O) groups excluding carboxylic acids is 1. The lowest BCUT2D eigenvalue weighted by atomic mass is 10.0. The van der Waals surface area contributed by atoms with Crippen molar-refractivity contribution in [2.24, 2.45) is 5.92 Å². The molecule has 0 aromatic carbocycles. The molecule has 0 saturated carbocycles. The van der Waals surface area contributed by atoms with E-state index < -0.39 is 0 Å². The molecule has 2 heterocycles. The Labute approximate surface area is 87.1 Å². The van der Waals surface area contributed by atoms with Gasteiger partial charge in [-0.2, -0.15) is 0 Å². The van der Waals surface area contributed by atoms with E-state index in [0.717, 1.165) is 0 Å². The fourth-order valence-corrected chi connectivity index (χ4v) is 1.45. The molecule has 1 saturated heterocycles. The minimum Gasteiger partial charge on any atom is -0.469 e. The fraction of sp³-hybridized carbons (Fsp3) is 0.444. The highest BCUT2D eigenvalue weighted by molar-refractivity contribution is 5.75. The summed E-state index contributed by atoms with van der Waals surface area (Å²) in [7, 11) is 1.39. The van der Waals surface area contributed by atoms with Gasteiger partial charge in [-0.15, -0.1) is 0 Å². The van der Waals surface area contributed by atoms with E-state index in [-0.39, 0.29) is 11.9 Å². The molecule has 0 unspecified atom stereocenters. The highest BCUT2D eigenvalue weighted by atomic mass is 16.5. The number of hydrogen-bond donors (Lipinski definition) is 1. The van der Waals surface area contributed by atoms with Crippen molar-refractivity contribution in [1.82, 2.24) is 9.97 Å². The van der Waals surface area contributed by atoms with Gasteiger partial charge in [0, 0.05) is 13.1 Å². The van der Waals surface area contributed by atoms with E-state index in [2.05, 4.69) is 14.7 Å². The van der Waals surface area contributed by atoms with E-state index in [4.69, 9.17) is 5.73 Å². The Balaban J connectivity index is 1.94. The Hall–Kier alpha value is -1.85. The summed E-state index contributed by atoms with van der Waals surface area (Å²) in [4.78, 5) is 21.1. The van der Waals surface area contributed by atoms with Crippen LogP contribution < -0.4 is 10.6 Å². The van der Waals surface area contributed by atoms with Crippen molar-refractivity contribution >= 4 is 17.6 Å². The zero-order valence-corrected chi connectivity index (χ0v) is 8.38. The second-order valence-electron chi connectivity index (χ2n) is 3.44. The van der Waals surface area contributed by atoms with Crippen LogP contribution in [-0.2, 0) is 9.53 Å². The number of methoxy groups -OCH3 is 1. The van der Waals surface area contributed by atoms with Crippen molar-refractivity contribution in [3.63, 3.8) is 0 Å². The van der Waals surface area contributed by atoms with Gasteiger partial charge in [-0.3, -0.25) is 4.79 Å². The molecule has 0 bridgehead atoms. The third kappa shape index (κ3) is 1.83. The van der Waals surface area contributed by atoms with Crippen LogP contribution in [0.5, 0.6) is 0 Å². The van der Waals surface area contributed by atoms with Crippen LogP contribution in [0.4, 0.5) is 11.6 Å². The monoisotopic (exact) mass is 208 g/mol. The maximum Gasteiger partial charge on any atom is 0.312 e. The first-order valence-corrected chi connectivity index (χ1v) is 4.61. The van der Waals surface area contributed by atoms with Gasteiger partial charge in [-0.05, 0) is 0 Å². The summed E-state index contributed by atoms with van der Waals surface area (Å²) >= 11 is 0. The molecule has 2 N–H and O–H groups in total. The topological polar surface area (TPSA) is 81.3 Å². The van der Waals surface area contributed by atoms with Crippen LogP contribution in [0.3, 0.4) is 0 Å². The van der Waals surface area contributed by atoms with Crippen LogP contribution >= 0.6 is 0 Å². The van der Waals surface area contributed by atoms with Crippen molar-refractivity contribution < 1.29 is 9.53 Å². The van der Waals surface area contributed by atoms with Gasteiger partial charge >= 0.3 is 5.97 Å². The van der Waals surface area contributed by atoms with Gasteiger partial charge in [-0.25, -0.2) is 9.97 Å². The van der Waals surface area contributed by atoms with Gasteiger partial charge in [0.15, 0.2) is 0 Å². The number of nitrogens with zero attached hydrogens (tertiary/aromatic N) is 3. The molecule has 0 atom stereocenters. The second kappa shape index (κ2) is 3.72. The number of nitrogens with two attached hydrogens (primary N) is 1. The van der Waals surface area contributed by atoms with Gasteiger partial charge < -0.3 is 15.4 Å². The van der Waals surface area contributed by atoms with Crippen LogP contribution in [0.25, 0.3) is 0 Å². The van der Waals surface area contributed by atoms with E-state index in [9.17, 15) is 4.79 Å². The average molecular weight is 208 g/mol. The normalized spacial score (nSPS) is 15.9. The molecule has 0 amide bonds. The van der Waals surface area contributed by atoms with E-state index in [1.807, 2.05) is 4.90 Å². The third-order valence-corrected chi connectivity index (χ3v) is 2.36. The summed E-state index contributed by atoms with van der Waals surface area (Å²) in [5.74, 6) is 0.363. The van der Waals surface area contributed by atoms with Crippen molar-refractivity contribution in [2.75, 3.05) is 30.8 Å². The van der Waals surface area contributed by atoms with E-state index >= 15 is 0 Å². The van der Waals surface area contributed by atoms with Crippen molar-refractivity contribution in [3.05, 3.63) is 12.4 Å². The molecular formula is C9H12N4O2. The molecule has 6 nitrogen and oxygen atoms in total. The lowest BCUT2D eigenvalue weighted by Crippen LogP contribution is -2.51. The van der Waals surface area contributed by atoms with E-state index in [0.29, 0.717) is 24.7 Å². The van der Waals surface area contributed by atoms with Crippen LogP contribution in [0.1, 0.15) is 0 Å². The van der Waals surface area contributed by atoms with Crippen molar-refractivity contribution in [3.8, 4) is 0 Å². The Morgan fingerprint density at radius 1 is 1.53 bits per heavy atom. The Morgan fingerprint density at radius 3 is 2.67 bits per heavy atom. The molecule has 0 spiro atoms. The number of anilines is 2. The average Bonchev–Trinajstić information content (AvgIpc) is 2.18. The number of carbonyl (C=O) groups is 1. The number of aromatic nitrogens is 2. The van der Waals surface area contributed by atoms with Crippen LogP contribution in [0.2, 0.25) is 0 Å². The first-order valence-electron chi connectivity index (χ1n) is 4.61. The van der Waals surface area contributed by atoms with Gasteiger partial charge in [0.05, 0.1) is 31.1 Å². The molecular weight excluding hydrogens is 196 g/mol. The number of hydrogen-bond acceptors (Lipinski definition) is 6. The lowest BCUT2D eigenvalue weighted by molar-refractivity contribution is -0.146. The number of ether oxygens (including phenoxy) is 1. The van der Waals surface area contributed by atoms with Gasteiger partial charge in [0.25, 0.3) is 0 Å². The zero-order valence-electron chi connectivity index (χ0n) is 8.38. The molecule has 0 aliphatic carbocycles. The molecule has 1 aliphatic rings. The summed E-state index contributed by atoms with van der Waals surface area (Å²) in [5.41, 5.74) is 6.00. The fourth-order valence-electron chi connectivity index (χ4n) is 1.45. The summed E-state index contributed by atoms with van der Waals surface area (Å²) in [6.45, 7) is 1.22. The highest BCUT2D eigenvalue weighted by Gasteiger charge is 2.34. The SMILES string of the molecule is COC(=O)C1CN(c2ncc(N)cn2)C1. The zero-order chi connectivity index (χ0) is 10.8. The minimum atomic E-state index is -0.179. The van der Waals surface area contributed by atoms with Crippen LogP contribution in [0, 0.1) is 5.92 Å². The van der Waals surface area contributed by atoms with Gasteiger partial charge in [0.1, 0.15) is 0 Å². The first kappa shape index (κ1) is 9.70. The van der Waals surface area contributed by atoms with E-state index in [1.165, 1.54) is 7.11 Å². The first-order chi connectivity index (χ1) is 7.20. The Morgan fingerprint density at radius 2 is 2.13 bits per heavy atom. The van der Waals surface area contributed by atoms with Crippen LogP contribution in [-0.4, -0.2) is 36.1 Å². The molecule has 0 radical (unpaired) electrons. The van der Waals surface area contributed by atoms with Crippen LogP contribution in [0.15, 0.2) is 12.4 Å². The predicted molar refractivity (Wildman–Crippen MR) is 54.2 cm³/mol. The quantitative estimate of drug-likeness (QED) is 0.670. The molecule has 1 fully saturated rings. The third-order valence-electron chi connectivity index (χ3n) is 2.36. The van der Waals surface area contributed by atoms with Gasteiger partial charge in [0.2, 0.25) is 5.95 Å². The molecule has 1 aromatic heterocycles. The van der Waals surface area contributed by atoms with Crippen molar-refractivity contribution in [2.45, 2.75) is 0 Å². The Bertz CT molecular complexity index is 359. The second-order valence-corrected chi connectivity index (χ2v) is 3.44. The molecule has 15 heavy (non-hydrogen) atoms. The Kier molecular flexibility index (Phi) is 2.40. The largest absolute Gasteiger partial charge is 0.469 e. The molecule has 1 aliphatic heterocycles. The highest BCUT2D eigenvalue weighted by Crippen LogP contribution is 2.21. The van der Waals surface area contributed by atoms with Crippen molar-refractivity contribution in [1.29, 1.82) is 0 Å². The molecule has 80 valence electrons. The number of esters is 1. The summed E-state index contributed by atoms with van der Waals surface area (Å²) in [5, 5.41) is 0. The maximum absolute atomic E-state index is 11.1. The van der Waals surface area contributed by atoms with E-state index in [1.54, 1.807) is 12.4 Å². The smallest absolute Gasteiger partial charge is 0.312 e. The summed E-state index contributed by atoms with van der Waals surface area (Å²) in [6, 6.07) is 0. The molecule has 2 rings (SSSR count). The minimum absolute atomic E-state index is 0.0591. The summed E-state index contributed by atoms with van der Waals surface area (Å²) in [6.07, 6.45) is 3.10. The predicted octanol–water partition coefficient (Wildman–Crippen LogP) is -0.332. The van der Waals surface area contributed by atoms with Gasteiger partial charge in [-0.1, -0.05) is 0 Å².